The molecule has 162 valence electrons. The fourth-order valence-corrected chi connectivity index (χ4v) is 4.35. The average Bonchev–Trinajstić information content (AvgIpc) is 3.47. The highest BCUT2D eigenvalue weighted by Gasteiger charge is 2.38. The summed E-state index contributed by atoms with van der Waals surface area (Å²) >= 11 is 0. The van der Waals surface area contributed by atoms with Gasteiger partial charge in [0, 0.05) is 30.5 Å². The van der Waals surface area contributed by atoms with Crippen LogP contribution in [0.5, 0.6) is 5.75 Å². The van der Waals surface area contributed by atoms with E-state index in [0.717, 1.165) is 41.9 Å². The molecule has 0 spiro atoms. The molecule has 2 aromatic rings. The molecule has 1 aromatic heterocycles. The van der Waals surface area contributed by atoms with Crippen molar-refractivity contribution in [2.45, 2.75) is 71.3 Å². The summed E-state index contributed by atoms with van der Waals surface area (Å²) in [6, 6.07) is 13.2. The Kier molecular flexibility index (Phi) is 6.35. The highest BCUT2D eigenvalue weighted by atomic mass is 28.4. The Bertz CT molecular complexity index is 914. The van der Waals surface area contributed by atoms with Gasteiger partial charge in [-0.3, -0.25) is 0 Å². The van der Waals surface area contributed by atoms with Crippen LogP contribution in [0.1, 0.15) is 45.0 Å². The Labute approximate surface area is 182 Å². The first-order valence-corrected chi connectivity index (χ1v) is 13.8. The highest BCUT2D eigenvalue weighted by Crippen LogP contribution is 2.37. The molecule has 0 aliphatic heterocycles. The third kappa shape index (κ3) is 5.08. The van der Waals surface area contributed by atoms with Crippen molar-refractivity contribution in [3.8, 4) is 11.8 Å². The first-order chi connectivity index (χ1) is 14.0. The summed E-state index contributed by atoms with van der Waals surface area (Å²) in [6.07, 6.45) is 2.60. The lowest BCUT2D eigenvalue weighted by atomic mass is 10.2. The van der Waals surface area contributed by atoms with Crippen LogP contribution >= 0.6 is 0 Å². The Hall–Kier alpha value is -2.23. The Morgan fingerprint density at radius 2 is 1.87 bits per heavy atom. The van der Waals surface area contributed by atoms with Crippen LogP contribution in [0.2, 0.25) is 18.1 Å². The van der Waals surface area contributed by atoms with E-state index < -0.39 is 8.32 Å². The molecule has 1 heterocycles. The maximum absolute atomic E-state index is 9.59. The minimum Gasteiger partial charge on any atom is -0.544 e. The summed E-state index contributed by atoms with van der Waals surface area (Å²) in [5.41, 5.74) is 3.78. The van der Waals surface area contributed by atoms with Crippen LogP contribution in [0.25, 0.3) is 0 Å². The molecule has 1 aromatic carbocycles. The molecular weight excluding hydrogens is 388 g/mol. The predicted molar refractivity (Wildman–Crippen MR) is 127 cm³/mol. The number of hydrogen-bond donors (Lipinski definition) is 1. The van der Waals surface area contributed by atoms with Crippen molar-refractivity contribution in [1.29, 1.82) is 5.26 Å². The van der Waals surface area contributed by atoms with Crippen molar-refractivity contribution >= 4 is 19.7 Å². The van der Waals surface area contributed by atoms with Gasteiger partial charge < -0.3 is 19.2 Å². The van der Waals surface area contributed by atoms with E-state index in [4.69, 9.17) is 4.43 Å². The van der Waals surface area contributed by atoms with Crippen molar-refractivity contribution in [3.63, 3.8) is 0 Å². The van der Waals surface area contributed by atoms with Gasteiger partial charge in [0.05, 0.1) is 5.69 Å². The number of aromatic nitrogens is 1. The summed E-state index contributed by atoms with van der Waals surface area (Å²) in [6.45, 7) is 15.1. The van der Waals surface area contributed by atoms with E-state index in [1.807, 2.05) is 30.3 Å². The zero-order chi connectivity index (χ0) is 22.1. The molecule has 1 fully saturated rings. The third-order valence-electron chi connectivity index (χ3n) is 6.64. The summed E-state index contributed by atoms with van der Waals surface area (Å²) in [5, 5.41) is 13.2. The summed E-state index contributed by atoms with van der Waals surface area (Å²) in [5.74, 6) is 0.919. The van der Waals surface area contributed by atoms with Crippen molar-refractivity contribution in [3.05, 3.63) is 41.7 Å². The first kappa shape index (κ1) is 22.5. The first-order valence-electron chi connectivity index (χ1n) is 10.9. The lowest BCUT2D eigenvalue weighted by molar-refractivity contribution is 0.308. The second-order valence-electron chi connectivity index (χ2n) is 10.0. The highest BCUT2D eigenvalue weighted by molar-refractivity contribution is 6.74. The zero-order valence-corrected chi connectivity index (χ0v) is 20.5. The van der Waals surface area contributed by atoms with E-state index in [1.54, 1.807) is 0 Å². The molecule has 0 unspecified atom stereocenters. The van der Waals surface area contributed by atoms with Gasteiger partial charge in [-0.2, -0.15) is 5.26 Å². The van der Waals surface area contributed by atoms with Gasteiger partial charge in [0.1, 0.15) is 17.5 Å². The smallest absolute Gasteiger partial charge is 0.250 e. The number of nitrogens with one attached hydrogen (secondary N) is 1. The van der Waals surface area contributed by atoms with E-state index in [-0.39, 0.29) is 5.04 Å². The summed E-state index contributed by atoms with van der Waals surface area (Å²) in [7, 11) is 0.334. The van der Waals surface area contributed by atoms with Crippen LogP contribution in [-0.4, -0.2) is 37.4 Å². The molecule has 0 radical (unpaired) electrons. The molecule has 5 nitrogen and oxygen atoms in total. The molecule has 1 aliphatic rings. The number of hydrogen-bond acceptors (Lipinski definition) is 4. The van der Waals surface area contributed by atoms with Crippen LogP contribution in [0.15, 0.2) is 30.3 Å². The van der Waals surface area contributed by atoms with Crippen molar-refractivity contribution in [2.24, 2.45) is 0 Å². The van der Waals surface area contributed by atoms with Gasteiger partial charge in [0.25, 0.3) is 0 Å². The minimum atomic E-state index is -1.84. The molecule has 1 aliphatic carbocycles. The van der Waals surface area contributed by atoms with Gasteiger partial charge >= 0.3 is 0 Å². The molecule has 1 N–H and O–H groups in total. The average molecular weight is 425 g/mol. The molecule has 0 saturated heterocycles. The second kappa shape index (κ2) is 8.48. The Morgan fingerprint density at radius 1 is 1.23 bits per heavy atom. The van der Waals surface area contributed by atoms with Gasteiger partial charge in [-0.1, -0.05) is 20.8 Å². The van der Waals surface area contributed by atoms with E-state index in [9.17, 15) is 5.26 Å². The topological polar surface area (TPSA) is 53.2 Å². The second-order valence-corrected chi connectivity index (χ2v) is 14.7. The number of benzene rings is 1. The minimum absolute atomic E-state index is 0.172. The molecule has 6 heteroatoms. The van der Waals surface area contributed by atoms with Crippen LogP contribution in [-0.2, 0) is 6.54 Å². The molecule has 30 heavy (non-hydrogen) atoms. The van der Waals surface area contributed by atoms with Crippen molar-refractivity contribution in [2.75, 3.05) is 18.9 Å². The fraction of sp³-hybridized carbons (Fsp3) is 0.542. The normalized spacial score (nSPS) is 14.6. The van der Waals surface area contributed by atoms with Crippen LogP contribution < -0.4 is 9.74 Å². The number of likely N-dealkylation sites (N-methyl/N-ethyl adjacent to an activating group) is 1. The lowest BCUT2D eigenvalue weighted by Crippen LogP contribution is -2.43. The fourth-order valence-electron chi connectivity index (χ4n) is 3.32. The van der Waals surface area contributed by atoms with E-state index in [0.29, 0.717) is 5.69 Å². The molecule has 1 saturated carbocycles. The van der Waals surface area contributed by atoms with Crippen LogP contribution in [0.3, 0.4) is 0 Å². The Balaban J connectivity index is 1.69. The lowest BCUT2D eigenvalue weighted by Gasteiger charge is -2.36. The predicted octanol–water partition coefficient (Wildman–Crippen LogP) is 5.89. The van der Waals surface area contributed by atoms with Gasteiger partial charge in [0.15, 0.2) is 0 Å². The number of nitrogens with zero attached hydrogens (tertiary/aromatic N) is 3. The molecule has 0 amide bonds. The Morgan fingerprint density at radius 3 is 2.40 bits per heavy atom. The van der Waals surface area contributed by atoms with Crippen LogP contribution in [0.4, 0.5) is 11.4 Å². The van der Waals surface area contributed by atoms with Crippen molar-refractivity contribution in [1.82, 2.24) is 9.47 Å². The third-order valence-corrected chi connectivity index (χ3v) is 11.0. The number of anilines is 2. The summed E-state index contributed by atoms with van der Waals surface area (Å²) < 4.78 is 8.49. The monoisotopic (exact) mass is 424 g/mol. The zero-order valence-electron chi connectivity index (χ0n) is 19.5. The van der Waals surface area contributed by atoms with Gasteiger partial charge in [-0.05, 0) is 75.3 Å². The van der Waals surface area contributed by atoms with Gasteiger partial charge in [-0.15, -0.1) is 0 Å². The quantitative estimate of drug-likeness (QED) is 0.537. The van der Waals surface area contributed by atoms with Gasteiger partial charge in [-0.25, -0.2) is 0 Å². The maximum Gasteiger partial charge on any atom is 0.250 e. The van der Waals surface area contributed by atoms with E-state index >= 15 is 0 Å². The SMILES string of the molecule is Cc1c(Nc2ccc(O[Si](C)(C)C(C)(C)C)cc2)cc(C#N)n1CCN(C)C1CC1. The maximum atomic E-state index is 9.59. The summed E-state index contributed by atoms with van der Waals surface area (Å²) in [4.78, 5) is 2.40. The van der Waals surface area contributed by atoms with Crippen molar-refractivity contribution < 1.29 is 4.43 Å². The molecule has 3 rings (SSSR count). The number of nitriles is 1. The van der Waals surface area contributed by atoms with Crippen LogP contribution in [0, 0.1) is 18.3 Å². The van der Waals surface area contributed by atoms with E-state index in [1.165, 1.54) is 12.8 Å². The standard InChI is InChI=1S/C24H36N4OSi/c1-18-23(16-21(17-25)28(18)15-14-27(5)20-10-11-20)26-19-8-12-22(13-9-19)29-30(6,7)24(2,3)4/h8-9,12-13,16,20,26H,10-11,14-15H2,1-7H3. The largest absolute Gasteiger partial charge is 0.544 e. The van der Waals surface area contributed by atoms with E-state index in [2.05, 4.69) is 68.7 Å². The van der Waals surface area contributed by atoms with Gasteiger partial charge in [0.2, 0.25) is 8.32 Å². The molecule has 0 bridgehead atoms. The molecule has 0 atom stereocenters. The number of rotatable bonds is 8. The molecular formula is C24H36N4OSi.